The highest BCUT2D eigenvalue weighted by atomic mass is 16.4. The Morgan fingerprint density at radius 2 is 1.85 bits per heavy atom. The minimum atomic E-state index is -0.883. The van der Waals surface area contributed by atoms with Crippen molar-refractivity contribution in [3.63, 3.8) is 0 Å². The average Bonchev–Trinajstić information content (AvgIpc) is 2.34. The average molecular weight is 191 g/mol. The highest BCUT2D eigenvalue weighted by molar-refractivity contribution is 5.73. The van der Waals surface area contributed by atoms with Gasteiger partial charge in [-0.05, 0) is 0 Å². The quantitative estimate of drug-likeness (QED) is 0.320. The molecule has 0 radical (unpaired) electrons. The number of aliphatic hydroxyl groups excluding tert-OH is 1. The molecule has 7 heteroatoms. The lowest BCUT2D eigenvalue weighted by Crippen LogP contribution is -2.29. The van der Waals surface area contributed by atoms with Crippen molar-refractivity contribution < 1.29 is 19.8 Å². The number of hydrogen-bond acceptors (Lipinski definition) is 4. The fourth-order valence-electron chi connectivity index (χ4n) is 0.905. The number of carboxylic acid groups (broad SMARTS) is 1. The molecule has 7 N–H and O–H groups in total. The molecule has 2 amide bonds. The molecule has 0 bridgehead atoms. The van der Waals surface area contributed by atoms with Gasteiger partial charge in [0.25, 0.3) is 0 Å². The lowest BCUT2D eigenvalue weighted by atomic mass is 10.2. The van der Waals surface area contributed by atoms with Gasteiger partial charge in [0.1, 0.15) is 6.04 Å². The Hall–Kier alpha value is -1.34. The van der Waals surface area contributed by atoms with Crippen molar-refractivity contribution in [2.24, 2.45) is 11.5 Å². The summed E-state index contributed by atoms with van der Waals surface area (Å²) in [6, 6.07) is -1.38. The van der Waals surface area contributed by atoms with Gasteiger partial charge < -0.3 is 27.0 Å². The second-order valence-corrected chi connectivity index (χ2v) is 2.59. The van der Waals surface area contributed by atoms with Gasteiger partial charge in [0.15, 0.2) is 0 Å². The van der Waals surface area contributed by atoms with Gasteiger partial charge in [0.05, 0.1) is 6.10 Å². The van der Waals surface area contributed by atoms with Crippen molar-refractivity contribution >= 4 is 12.0 Å². The topological polar surface area (TPSA) is 139 Å². The molecular formula is C6H13N3O4. The summed E-state index contributed by atoms with van der Waals surface area (Å²) in [5.74, 6) is -0.883. The fourth-order valence-corrected chi connectivity index (χ4v) is 0.905. The maximum atomic E-state index is 10.2. The molecule has 0 aliphatic carbocycles. The second kappa shape index (κ2) is 5.33. The Kier molecular flexibility index (Phi) is 4.78. The van der Waals surface area contributed by atoms with E-state index in [9.17, 15) is 4.79 Å². The molecular weight excluding hydrogens is 178 g/mol. The van der Waals surface area contributed by atoms with Crippen molar-refractivity contribution in [2.75, 3.05) is 6.54 Å². The van der Waals surface area contributed by atoms with E-state index in [1.807, 2.05) is 0 Å². The summed E-state index contributed by atoms with van der Waals surface area (Å²) in [5, 5.41) is 19.8. The summed E-state index contributed by atoms with van der Waals surface area (Å²) in [5.41, 5.74) is 8.50. The van der Waals surface area contributed by atoms with Crippen molar-refractivity contribution in [3.8, 4) is 0 Å². The van der Waals surface area contributed by atoms with Crippen molar-refractivity contribution in [1.82, 2.24) is 5.32 Å². The Morgan fingerprint density at radius 1 is 1.38 bits per heavy atom. The van der Waals surface area contributed by atoms with E-state index in [2.05, 4.69) is 16.8 Å². The number of nitrogens with two attached hydrogens (primary N) is 2. The van der Waals surface area contributed by atoms with Gasteiger partial charge in [-0.2, -0.15) is 0 Å². The van der Waals surface area contributed by atoms with Crippen LogP contribution in [0.5, 0.6) is 0 Å². The van der Waals surface area contributed by atoms with E-state index >= 15 is 0 Å². The predicted octanol–water partition coefficient (Wildman–Crippen LogP) is -2.18. The van der Waals surface area contributed by atoms with E-state index in [0.29, 0.717) is 13.0 Å². The Bertz CT molecular complexity index is 192. The molecule has 1 saturated heterocycles. The SMILES string of the molecule is NC(N)=O.O=C(O)C1CC(O)CN1. The van der Waals surface area contributed by atoms with Crippen LogP contribution in [0.15, 0.2) is 0 Å². The number of urea groups is 1. The molecule has 0 aromatic rings. The van der Waals surface area contributed by atoms with Crippen LogP contribution < -0.4 is 16.8 Å². The first-order valence-corrected chi connectivity index (χ1v) is 3.62. The third-order valence-electron chi connectivity index (χ3n) is 1.41. The molecule has 1 aliphatic rings. The fraction of sp³-hybridized carbons (Fsp3) is 0.667. The van der Waals surface area contributed by atoms with Crippen LogP contribution in [0.25, 0.3) is 0 Å². The minimum absolute atomic E-state index is 0.329. The molecule has 1 rings (SSSR count). The van der Waals surface area contributed by atoms with Gasteiger partial charge in [-0.3, -0.25) is 4.79 Å². The molecule has 13 heavy (non-hydrogen) atoms. The molecule has 0 aromatic heterocycles. The second-order valence-electron chi connectivity index (χ2n) is 2.59. The molecule has 1 fully saturated rings. The Balaban J connectivity index is 0.000000310. The van der Waals surface area contributed by atoms with Gasteiger partial charge in [-0.1, -0.05) is 0 Å². The van der Waals surface area contributed by atoms with Crippen LogP contribution >= 0.6 is 0 Å². The van der Waals surface area contributed by atoms with Crippen molar-refractivity contribution in [1.29, 1.82) is 0 Å². The molecule has 1 aliphatic heterocycles. The molecule has 0 aromatic carbocycles. The monoisotopic (exact) mass is 191 g/mol. The highest BCUT2D eigenvalue weighted by Crippen LogP contribution is 2.05. The van der Waals surface area contributed by atoms with E-state index in [1.54, 1.807) is 0 Å². The maximum Gasteiger partial charge on any atom is 0.320 e. The number of carbonyl (C=O) groups is 2. The van der Waals surface area contributed by atoms with E-state index in [4.69, 9.17) is 15.0 Å². The van der Waals surface area contributed by atoms with E-state index in [0.717, 1.165) is 0 Å². The van der Waals surface area contributed by atoms with Gasteiger partial charge >= 0.3 is 12.0 Å². The number of rotatable bonds is 1. The Labute approximate surface area is 74.7 Å². The standard InChI is InChI=1S/C5H9NO3.CH4N2O/c7-3-1-4(5(8)9)6-2-3;2-1(3)4/h3-4,6-7H,1-2H2,(H,8,9);(H4,2,3,4). The normalized spacial score (nSPS) is 25.9. The summed E-state index contributed by atoms with van der Waals surface area (Å²) in [6.07, 6.45) is -0.152. The van der Waals surface area contributed by atoms with Crippen LogP contribution in [0, 0.1) is 0 Å². The number of nitrogens with one attached hydrogen (secondary N) is 1. The highest BCUT2D eigenvalue weighted by Gasteiger charge is 2.27. The molecule has 76 valence electrons. The summed E-state index contributed by atoms with van der Waals surface area (Å²) in [6.45, 7) is 0.400. The number of carboxylic acids is 1. The smallest absolute Gasteiger partial charge is 0.320 e. The van der Waals surface area contributed by atoms with Gasteiger partial charge in [0, 0.05) is 13.0 Å². The minimum Gasteiger partial charge on any atom is -0.480 e. The summed E-state index contributed by atoms with van der Waals surface area (Å²) in [4.78, 5) is 19.2. The zero-order valence-corrected chi connectivity index (χ0v) is 6.93. The first-order chi connectivity index (χ1) is 5.93. The molecule has 2 atom stereocenters. The van der Waals surface area contributed by atoms with E-state index < -0.39 is 24.1 Å². The van der Waals surface area contributed by atoms with Gasteiger partial charge in [0.2, 0.25) is 0 Å². The number of hydrogen-bond donors (Lipinski definition) is 5. The molecule has 1 heterocycles. The first kappa shape index (κ1) is 11.7. The van der Waals surface area contributed by atoms with E-state index in [1.165, 1.54) is 0 Å². The molecule has 0 saturated carbocycles. The zero-order chi connectivity index (χ0) is 10.4. The number of primary amides is 2. The number of aliphatic carboxylic acids is 1. The van der Waals surface area contributed by atoms with E-state index in [-0.39, 0.29) is 0 Å². The summed E-state index contributed by atoms with van der Waals surface area (Å²) >= 11 is 0. The number of carbonyl (C=O) groups excluding carboxylic acids is 1. The van der Waals surface area contributed by atoms with Crippen LogP contribution in [-0.4, -0.2) is 40.9 Å². The van der Waals surface area contributed by atoms with Crippen molar-refractivity contribution in [2.45, 2.75) is 18.6 Å². The van der Waals surface area contributed by atoms with Crippen LogP contribution in [-0.2, 0) is 4.79 Å². The van der Waals surface area contributed by atoms with Crippen LogP contribution in [0.2, 0.25) is 0 Å². The van der Waals surface area contributed by atoms with Crippen LogP contribution in [0.3, 0.4) is 0 Å². The lowest BCUT2D eigenvalue weighted by molar-refractivity contribution is -0.139. The molecule has 2 unspecified atom stereocenters. The zero-order valence-electron chi connectivity index (χ0n) is 6.93. The lowest BCUT2D eigenvalue weighted by Gasteiger charge is -1.99. The maximum absolute atomic E-state index is 10.2. The van der Waals surface area contributed by atoms with Crippen molar-refractivity contribution in [3.05, 3.63) is 0 Å². The number of amides is 2. The van der Waals surface area contributed by atoms with Gasteiger partial charge in [-0.15, -0.1) is 0 Å². The van der Waals surface area contributed by atoms with Gasteiger partial charge in [-0.25, -0.2) is 4.79 Å². The summed E-state index contributed by atoms with van der Waals surface area (Å²) in [7, 11) is 0. The summed E-state index contributed by atoms with van der Waals surface area (Å²) < 4.78 is 0. The first-order valence-electron chi connectivity index (χ1n) is 3.62. The molecule has 7 nitrogen and oxygen atoms in total. The Morgan fingerprint density at radius 3 is 2.00 bits per heavy atom. The third kappa shape index (κ3) is 5.88. The number of β-amino-alcohol motifs (C(OH)–C–C–N with tert-alkyl or cyclic N) is 1. The number of aliphatic hydroxyl groups is 1. The van der Waals surface area contributed by atoms with Crippen LogP contribution in [0.4, 0.5) is 4.79 Å². The third-order valence-corrected chi connectivity index (χ3v) is 1.41. The predicted molar refractivity (Wildman–Crippen MR) is 43.8 cm³/mol. The largest absolute Gasteiger partial charge is 0.480 e. The van der Waals surface area contributed by atoms with Crippen LogP contribution in [0.1, 0.15) is 6.42 Å². The molecule has 0 spiro atoms.